The summed E-state index contributed by atoms with van der Waals surface area (Å²) in [4.78, 5) is 42.3. The van der Waals surface area contributed by atoms with Gasteiger partial charge in [-0.25, -0.2) is 0 Å². The average molecular weight is 504 g/mol. The number of fused-ring (bicyclic) bond motifs is 1. The van der Waals surface area contributed by atoms with Crippen LogP contribution in [0.2, 0.25) is 0 Å². The van der Waals surface area contributed by atoms with Crippen molar-refractivity contribution in [3.63, 3.8) is 0 Å². The van der Waals surface area contributed by atoms with E-state index in [4.69, 9.17) is 4.74 Å². The van der Waals surface area contributed by atoms with Gasteiger partial charge in [0.25, 0.3) is 0 Å². The Morgan fingerprint density at radius 1 is 1.23 bits per heavy atom. The van der Waals surface area contributed by atoms with Gasteiger partial charge in [0.2, 0.25) is 17.7 Å². The Bertz CT molecular complexity index is 941. The number of thioether (sulfide) groups is 1. The van der Waals surface area contributed by atoms with Crippen molar-refractivity contribution in [3.05, 3.63) is 24.3 Å². The van der Waals surface area contributed by atoms with E-state index in [0.717, 1.165) is 31.4 Å². The maximum Gasteiger partial charge on any atom is 0.244 e. The fourth-order valence-corrected chi connectivity index (χ4v) is 8.17. The number of hydrogen-bond donors (Lipinski definition) is 3. The molecule has 1 aromatic rings. The van der Waals surface area contributed by atoms with Gasteiger partial charge in [-0.2, -0.15) is 0 Å². The molecule has 4 rings (SSSR count). The number of hydrogen-bond acceptors (Lipinski definition) is 6. The van der Waals surface area contributed by atoms with Gasteiger partial charge >= 0.3 is 0 Å². The molecule has 8 nitrogen and oxygen atoms in total. The Kier molecular flexibility index (Phi) is 7.96. The highest BCUT2D eigenvalue weighted by atomic mass is 32.2. The monoisotopic (exact) mass is 503 g/mol. The first-order valence-electron chi connectivity index (χ1n) is 12.8. The molecule has 0 saturated carbocycles. The molecule has 3 saturated heterocycles. The number of nitrogens with one attached hydrogen (secondary N) is 2. The first-order chi connectivity index (χ1) is 16.9. The summed E-state index contributed by atoms with van der Waals surface area (Å²) in [6, 6.07) is 6.02. The number of carbonyl (C=O) groups excluding carboxylic acids is 3. The third-order valence-electron chi connectivity index (χ3n) is 7.54. The lowest BCUT2D eigenvalue weighted by atomic mass is 9.70. The second-order valence-corrected chi connectivity index (χ2v) is 11.4. The van der Waals surface area contributed by atoms with Crippen molar-refractivity contribution in [2.75, 3.05) is 25.1 Å². The second-order valence-electron chi connectivity index (χ2n) is 9.78. The number of amides is 3. The van der Waals surface area contributed by atoms with Gasteiger partial charge in [-0.3, -0.25) is 14.4 Å². The quantitative estimate of drug-likeness (QED) is 0.401. The molecule has 0 aliphatic carbocycles. The molecule has 1 aromatic carbocycles. The SMILES string of the molecule is CCCCCNC(=O)C1N([C@H](C)CO)C(=O)[C@@H]2[C@H](C(=O)Nc3ccc(OCC)cc3)[C@@H]3CCC12S3. The molecule has 2 bridgehead atoms. The highest BCUT2D eigenvalue weighted by Crippen LogP contribution is 2.66. The van der Waals surface area contributed by atoms with Gasteiger partial charge < -0.3 is 25.4 Å². The van der Waals surface area contributed by atoms with Crippen LogP contribution in [-0.2, 0) is 14.4 Å². The Morgan fingerprint density at radius 3 is 2.63 bits per heavy atom. The number of aliphatic hydroxyl groups is 1. The fraction of sp³-hybridized carbons (Fsp3) is 0.654. The van der Waals surface area contributed by atoms with Crippen LogP contribution in [0, 0.1) is 11.8 Å². The zero-order chi connectivity index (χ0) is 25.2. The zero-order valence-electron chi connectivity index (χ0n) is 20.8. The largest absolute Gasteiger partial charge is 0.494 e. The molecule has 3 aliphatic rings. The van der Waals surface area contributed by atoms with Crippen molar-refractivity contribution in [1.29, 1.82) is 0 Å². The molecule has 0 aromatic heterocycles. The van der Waals surface area contributed by atoms with E-state index in [0.29, 0.717) is 25.3 Å². The average Bonchev–Trinajstić information content (AvgIpc) is 3.50. The molecule has 6 atom stereocenters. The molecule has 3 N–H and O–H groups in total. The molecule has 0 radical (unpaired) electrons. The predicted octanol–water partition coefficient (Wildman–Crippen LogP) is 2.80. The van der Waals surface area contributed by atoms with Crippen molar-refractivity contribution < 1.29 is 24.2 Å². The van der Waals surface area contributed by atoms with Gasteiger partial charge in [-0.05, 0) is 57.4 Å². The van der Waals surface area contributed by atoms with Crippen molar-refractivity contribution in [2.45, 2.75) is 75.0 Å². The topological polar surface area (TPSA) is 108 Å². The van der Waals surface area contributed by atoms with Crippen LogP contribution in [0.4, 0.5) is 5.69 Å². The Hall–Kier alpha value is -2.26. The van der Waals surface area contributed by atoms with Gasteiger partial charge in [0.05, 0.1) is 35.8 Å². The predicted molar refractivity (Wildman–Crippen MR) is 136 cm³/mol. The standard InChI is InChI=1S/C26H37N3O5S/c1-4-6-7-14-27-24(32)22-26-13-12-19(35-26)20(21(26)25(33)29(22)16(3)15-30)23(31)28-17-8-10-18(11-9-17)34-5-2/h8-11,16,19-22,30H,4-7,12-15H2,1-3H3,(H,27,32)(H,28,31)/t16-,19+,20-,21+,22?,26?/m1/s1. The summed E-state index contributed by atoms with van der Waals surface area (Å²) in [7, 11) is 0. The normalized spacial score (nSPS) is 29.7. The summed E-state index contributed by atoms with van der Waals surface area (Å²) >= 11 is 1.64. The van der Waals surface area contributed by atoms with E-state index in [1.54, 1.807) is 47.9 Å². The molecule has 1 spiro atoms. The Labute approximate surface area is 211 Å². The summed E-state index contributed by atoms with van der Waals surface area (Å²) in [5.74, 6) is -0.910. The fourth-order valence-electron chi connectivity index (χ4n) is 5.96. The molecule has 3 aliphatic heterocycles. The van der Waals surface area contributed by atoms with Gasteiger partial charge in [0.1, 0.15) is 11.8 Å². The molecule has 3 heterocycles. The molecular weight excluding hydrogens is 466 g/mol. The number of unbranched alkanes of at least 4 members (excludes halogenated alkanes) is 2. The first-order valence-corrected chi connectivity index (χ1v) is 13.7. The van der Waals surface area contributed by atoms with Crippen molar-refractivity contribution in [3.8, 4) is 5.75 Å². The molecule has 2 unspecified atom stereocenters. The number of likely N-dealkylation sites (tertiary alicyclic amines) is 1. The number of aliphatic hydroxyl groups excluding tert-OH is 1. The highest BCUT2D eigenvalue weighted by Gasteiger charge is 2.73. The van der Waals surface area contributed by atoms with E-state index in [2.05, 4.69) is 17.6 Å². The highest BCUT2D eigenvalue weighted by molar-refractivity contribution is 8.02. The van der Waals surface area contributed by atoms with Gasteiger partial charge in [-0.1, -0.05) is 19.8 Å². The maximum absolute atomic E-state index is 13.8. The minimum atomic E-state index is -0.679. The van der Waals surface area contributed by atoms with Crippen LogP contribution in [0.5, 0.6) is 5.75 Å². The summed E-state index contributed by atoms with van der Waals surface area (Å²) < 4.78 is 4.83. The minimum Gasteiger partial charge on any atom is -0.494 e. The summed E-state index contributed by atoms with van der Waals surface area (Å²) in [6.45, 7) is 6.68. The molecular formula is C26H37N3O5S. The molecule has 192 valence electrons. The van der Waals surface area contributed by atoms with Crippen molar-refractivity contribution in [1.82, 2.24) is 10.2 Å². The minimum absolute atomic E-state index is 0.00591. The van der Waals surface area contributed by atoms with Crippen LogP contribution in [0.25, 0.3) is 0 Å². The van der Waals surface area contributed by atoms with Crippen molar-refractivity contribution >= 4 is 35.2 Å². The number of carbonyl (C=O) groups is 3. The van der Waals surface area contributed by atoms with Crippen LogP contribution >= 0.6 is 11.8 Å². The summed E-state index contributed by atoms with van der Waals surface area (Å²) in [6.07, 6.45) is 4.47. The van der Waals surface area contributed by atoms with Gasteiger partial charge in [-0.15, -0.1) is 11.8 Å². The van der Waals surface area contributed by atoms with Crippen LogP contribution in [0.1, 0.15) is 52.9 Å². The smallest absolute Gasteiger partial charge is 0.244 e. The number of rotatable bonds is 11. The van der Waals surface area contributed by atoms with Gasteiger partial charge in [0.15, 0.2) is 0 Å². The number of ether oxygens (including phenoxy) is 1. The molecule has 3 fully saturated rings. The van der Waals surface area contributed by atoms with Crippen LogP contribution in [0.3, 0.4) is 0 Å². The van der Waals surface area contributed by atoms with E-state index in [-0.39, 0.29) is 29.6 Å². The lowest BCUT2D eigenvalue weighted by Crippen LogP contribution is -2.56. The zero-order valence-corrected chi connectivity index (χ0v) is 21.6. The number of benzene rings is 1. The number of nitrogens with zero attached hydrogens (tertiary/aromatic N) is 1. The Balaban J connectivity index is 1.57. The first kappa shape index (κ1) is 25.8. The van der Waals surface area contributed by atoms with E-state index >= 15 is 0 Å². The van der Waals surface area contributed by atoms with Crippen LogP contribution in [0.15, 0.2) is 24.3 Å². The summed E-state index contributed by atoms with van der Waals surface area (Å²) in [5.41, 5.74) is 0.650. The van der Waals surface area contributed by atoms with E-state index in [1.807, 2.05) is 6.92 Å². The Morgan fingerprint density at radius 2 is 1.97 bits per heavy atom. The lowest BCUT2D eigenvalue weighted by molar-refractivity contribution is -0.141. The van der Waals surface area contributed by atoms with Crippen LogP contribution in [-0.4, -0.2) is 69.6 Å². The second kappa shape index (κ2) is 10.8. The summed E-state index contributed by atoms with van der Waals surface area (Å²) in [5, 5.41) is 15.9. The van der Waals surface area contributed by atoms with Crippen LogP contribution < -0.4 is 15.4 Å². The van der Waals surface area contributed by atoms with Crippen molar-refractivity contribution in [2.24, 2.45) is 11.8 Å². The maximum atomic E-state index is 13.8. The van der Waals surface area contributed by atoms with E-state index < -0.39 is 28.7 Å². The lowest BCUT2D eigenvalue weighted by Gasteiger charge is -2.36. The third kappa shape index (κ3) is 4.65. The molecule has 3 amide bonds. The molecule has 9 heteroatoms. The third-order valence-corrected chi connectivity index (χ3v) is 9.49. The van der Waals surface area contributed by atoms with E-state index in [9.17, 15) is 19.5 Å². The number of anilines is 1. The van der Waals surface area contributed by atoms with E-state index in [1.165, 1.54) is 0 Å². The van der Waals surface area contributed by atoms with Gasteiger partial charge in [0, 0.05) is 17.5 Å². The molecule has 35 heavy (non-hydrogen) atoms.